The van der Waals surface area contributed by atoms with Crippen LogP contribution < -0.4 is 15.5 Å². The Labute approximate surface area is 203 Å². The van der Waals surface area contributed by atoms with Gasteiger partial charge in [0.05, 0.1) is 16.9 Å². The molecule has 9 heteroatoms. The summed E-state index contributed by atoms with van der Waals surface area (Å²) in [5.74, 6) is -0.678. The molecule has 2 aromatic rings. The van der Waals surface area contributed by atoms with Crippen LogP contribution in [0.4, 0.5) is 35.0 Å². The Morgan fingerprint density at radius 1 is 0.914 bits per heavy atom. The smallest absolute Gasteiger partial charge is 0.370 e. The Morgan fingerprint density at radius 3 is 2.29 bits per heavy atom. The largest absolute Gasteiger partial charge is 0.416 e. The van der Waals surface area contributed by atoms with Gasteiger partial charge in [0.15, 0.2) is 0 Å². The van der Waals surface area contributed by atoms with E-state index in [2.05, 4.69) is 10.6 Å². The van der Waals surface area contributed by atoms with E-state index in [0.717, 1.165) is 50.0 Å². The fourth-order valence-corrected chi connectivity index (χ4v) is 4.73. The third kappa shape index (κ3) is 6.26. The summed E-state index contributed by atoms with van der Waals surface area (Å²) < 4.78 is 40.1. The zero-order valence-corrected chi connectivity index (χ0v) is 19.8. The Balaban J connectivity index is 1.40. The van der Waals surface area contributed by atoms with Gasteiger partial charge in [0.25, 0.3) is 0 Å². The number of carbonyl (C=O) groups excluding carboxylic acids is 2. The SMILES string of the molecule is Cc1cccc(NC(=O)N2CCC(C(=O)Nc3cc(C(F)(F)F)ccc3N3CCCCC3)CC2)c1. The quantitative estimate of drug-likeness (QED) is 0.564. The average Bonchev–Trinajstić information content (AvgIpc) is 2.84. The van der Waals surface area contributed by atoms with E-state index in [-0.39, 0.29) is 23.5 Å². The fourth-order valence-electron chi connectivity index (χ4n) is 4.73. The number of urea groups is 1. The Bertz CT molecular complexity index is 1060. The van der Waals surface area contributed by atoms with Crippen LogP contribution in [0.25, 0.3) is 0 Å². The third-order valence-electron chi connectivity index (χ3n) is 6.70. The van der Waals surface area contributed by atoms with E-state index in [0.29, 0.717) is 37.3 Å². The second kappa shape index (κ2) is 10.6. The van der Waals surface area contributed by atoms with E-state index in [1.54, 1.807) is 4.90 Å². The number of anilines is 3. The van der Waals surface area contributed by atoms with Crippen molar-refractivity contribution >= 4 is 29.0 Å². The number of amides is 3. The molecule has 0 spiro atoms. The van der Waals surface area contributed by atoms with Crippen molar-refractivity contribution in [3.63, 3.8) is 0 Å². The highest BCUT2D eigenvalue weighted by molar-refractivity contribution is 5.96. The molecule has 3 amide bonds. The molecule has 0 bridgehead atoms. The van der Waals surface area contributed by atoms with Crippen LogP contribution in [0, 0.1) is 12.8 Å². The fraction of sp³-hybridized carbons (Fsp3) is 0.462. The van der Waals surface area contributed by atoms with Gasteiger partial charge in [0.1, 0.15) is 0 Å². The van der Waals surface area contributed by atoms with Crippen LogP contribution in [0.15, 0.2) is 42.5 Å². The number of piperidine rings is 2. The maximum atomic E-state index is 13.4. The van der Waals surface area contributed by atoms with Gasteiger partial charge in [-0.25, -0.2) is 4.79 Å². The maximum absolute atomic E-state index is 13.4. The lowest BCUT2D eigenvalue weighted by Gasteiger charge is -2.33. The van der Waals surface area contributed by atoms with E-state index in [4.69, 9.17) is 0 Å². The van der Waals surface area contributed by atoms with Crippen molar-refractivity contribution in [3.8, 4) is 0 Å². The van der Waals surface area contributed by atoms with Crippen molar-refractivity contribution in [1.82, 2.24) is 4.90 Å². The van der Waals surface area contributed by atoms with Crippen LogP contribution in [-0.2, 0) is 11.0 Å². The number of likely N-dealkylation sites (tertiary alicyclic amines) is 1. The first-order chi connectivity index (χ1) is 16.7. The lowest BCUT2D eigenvalue weighted by atomic mass is 9.95. The van der Waals surface area contributed by atoms with Crippen molar-refractivity contribution in [2.75, 3.05) is 41.7 Å². The molecule has 2 aliphatic rings. The van der Waals surface area contributed by atoms with Gasteiger partial charge in [-0.15, -0.1) is 0 Å². The molecule has 4 rings (SSSR count). The monoisotopic (exact) mass is 488 g/mol. The number of nitrogens with one attached hydrogen (secondary N) is 2. The highest BCUT2D eigenvalue weighted by Crippen LogP contribution is 2.37. The first-order valence-corrected chi connectivity index (χ1v) is 12.1. The number of carbonyl (C=O) groups is 2. The van der Waals surface area contributed by atoms with Crippen molar-refractivity contribution in [2.24, 2.45) is 5.92 Å². The van der Waals surface area contributed by atoms with E-state index < -0.39 is 11.7 Å². The highest BCUT2D eigenvalue weighted by atomic mass is 19.4. The summed E-state index contributed by atoms with van der Waals surface area (Å²) in [5.41, 5.74) is 1.80. The molecule has 2 N–H and O–H groups in total. The number of hydrogen-bond acceptors (Lipinski definition) is 3. The molecule has 2 heterocycles. The van der Waals surface area contributed by atoms with Gasteiger partial charge in [0, 0.05) is 37.8 Å². The van der Waals surface area contributed by atoms with Gasteiger partial charge in [-0.05, 0) is 74.9 Å². The van der Waals surface area contributed by atoms with Gasteiger partial charge in [-0.2, -0.15) is 13.2 Å². The lowest BCUT2D eigenvalue weighted by Crippen LogP contribution is -2.43. The minimum absolute atomic E-state index is 0.200. The minimum atomic E-state index is -4.49. The summed E-state index contributed by atoms with van der Waals surface area (Å²) in [7, 11) is 0. The average molecular weight is 489 g/mol. The highest BCUT2D eigenvalue weighted by Gasteiger charge is 2.33. The molecule has 0 aromatic heterocycles. The van der Waals surface area contributed by atoms with Crippen LogP contribution in [0.2, 0.25) is 0 Å². The standard InChI is InChI=1S/C26H31F3N4O2/c1-18-6-5-7-21(16-18)30-25(35)33-14-10-19(11-15-33)24(34)31-22-17-20(26(27,28)29)8-9-23(22)32-12-3-2-4-13-32/h5-9,16-17,19H,2-4,10-15H2,1H3,(H,30,35)(H,31,34). The van der Waals surface area contributed by atoms with E-state index in [1.165, 1.54) is 6.07 Å². The Kier molecular flexibility index (Phi) is 7.52. The molecule has 0 atom stereocenters. The summed E-state index contributed by atoms with van der Waals surface area (Å²) in [6, 6.07) is 10.9. The first kappa shape index (κ1) is 24.9. The molecule has 35 heavy (non-hydrogen) atoms. The molecule has 2 fully saturated rings. The van der Waals surface area contributed by atoms with Crippen molar-refractivity contribution in [1.29, 1.82) is 0 Å². The van der Waals surface area contributed by atoms with Crippen molar-refractivity contribution in [2.45, 2.75) is 45.2 Å². The molecule has 6 nitrogen and oxygen atoms in total. The maximum Gasteiger partial charge on any atom is 0.416 e. The number of aryl methyl sites for hydroxylation is 1. The van der Waals surface area contributed by atoms with E-state index >= 15 is 0 Å². The topological polar surface area (TPSA) is 64.7 Å². The van der Waals surface area contributed by atoms with Gasteiger partial charge in [0.2, 0.25) is 5.91 Å². The van der Waals surface area contributed by atoms with Crippen LogP contribution in [-0.4, -0.2) is 43.0 Å². The van der Waals surface area contributed by atoms with E-state index in [1.807, 2.05) is 36.1 Å². The lowest BCUT2D eigenvalue weighted by molar-refractivity contribution is -0.137. The van der Waals surface area contributed by atoms with Crippen LogP contribution >= 0.6 is 0 Å². The number of halogens is 3. The van der Waals surface area contributed by atoms with Gasteiger partial charge in [-0.3, -0.25) is 4.79 Å². The van der Waals surface area contributed by atoms with Gasteiger partial charge in [-0.1, -0.05) is 12.1 Å². The predicted molar refractivity (Wildman–Crippen MR) is 131 cm³/mol. The normalized spacial score (nSPS) is 17.3. The second-order valence-electron chi connectivity index (χ2n) is 9.33. The molecule has 2 aromatic carbocycles. The summed E-state index contributed by atoms with van der Waals surface area (Å²) in [6.45, 7) is 4.25. The van der Waals surface area contributed by atoms with Gasteiger partial charge < -0.3 is 20.4 Å². The molecule has 2 saturated heterocycles. The minimum Gasteiger partial charge on any atom is -0.370 e. The van der Waals surface area contributed by atoms with Crippen molar-refractivity contribution < 1.29 is 22.8 Å². The van der Waals surface area contributed by atoms with Crippen LogP contribution in [0.3, 0.4) is 0 Å². The third-order valence-corrected chi connectivity index (χ3v) is 6.70. The molecule has 2 aliphatic heterocycles. The number of benzene rings is 2. The summed E-state index contributed by atoms with van der Waals surface area (Å²) in [5, 5.41) is 5.66. The number of nitrogens with zero attached hydrogens (tertiary/aromatic N) is 2. The Morgan fingerprint density at radius 2 is 1.63 bits per heavy atom. The molecule has 0 radical (unpaired) electrons. The molecular weight excluding hydrogens is 457 g/mol. The molecule has 0 unspecified atom stereocenters. The first-order valence-electron chi connectivity index (χ1n) is 12.1. The summed E-state index contributed by atoms with van der Waals surface area (Å²) in [6.07, 6.45) is -0.560. The van der Waals surface area contributed by atoms with Crippen molar-refractivity contribution in [3.05, 3.63) is 53.6 Å². The van der Waals surface area contributed by atoms with Crippen LogP contribution in [0.1, 0.15) is 43.2 Å². The van der Waals surface area contributed by atoms with Gasteiger partial charge >= 0.3 is 12.2 Å². The molecular formula is C26H31F3N4O2. The molecule has 0 saturated carbocycles. The summed E-state index contributed by atoms with van der Waals surface area (Å²) in [4.78, 5) is 29.3. The van der Waals surface area contributed by atoms with E-state index in [9.17, 15) is 22.8 Å². The molecule has 188 valence electrons. The summed E-state index contributed by atoms with van der Waals surface area (Å²) >= 11 is 0. The Hall–Kier alpha value is -3.23. The zero-order valence-electron chi connectivity index (χ0n) is 19.8. The number of rotatable bonds is 4. The van der Waals surface area contributed by atoms with Crippen LogP contribution in [0.5, 0.6) is 0 Å². The second-order valence-corrected chi connectivity index (χ2v) is 9.33. The predicted octanol–water partition coefficient (Wildman–Crippen LogP) is 5.89. The number of hydrogen-bond donors (Lipinski definition) is 2. The number of alkyl halides is 3. The zero-order chi connectivity index (χ0) is 25.0. The molecule has 0 aliphatic carbocycles.